The predicted octanol–water partition coefficient (Wildman–Crippen LogP) is 3.16. The molecular formula is C20H28N6. The Bertz CT molecular complexity index is 819. The number of rotatable bonds is 3. The van der Waals surface area contributed by atoms with E-state index in [0.717, 1.165) is 6.54 Å². The second kappa shape index (κ2) is 5.76. The molecule has 0 aliphatic carbocycles. The fourth-order valence-electron chi connectivity index (χ4n) is 4.48. The van der Waals surface area contributed by atoms with E-state index in [1.807, 2.05) is 24.8 Å². The Morgan fingerprint density at radius 3 is 2.04 bits per heavy atom. The lowest BCUT2D eigenvalue weighted by Crippen LogP contribution is -2.58. The van der Waals surface area contributed by atoms with Gasteiger partial charge in [-0.05, 0) is 39.8 Å². The van der Waals surface area contributed by atoms with Gasteiger partial charge in [0.05, 0.1) is 53.0 Å². The second-order valence-electron chi connectivity index (χ2n) is 8.02. The van der Waals surface area contributed by atoms with E-state index in [-0.39, 0.29) is 11.7 Å². The highest BCUT2D eigenvalue weighted by Crippen LogP contribution is 2.44. The number of anilines is 4. The van der Waals surface area contributed by atoms with E-state index in [0.29, 0.717) is 6.17 Å². The van der Waals surface area contributed by atoms with Crippen LogP contribution in [-0.2, 0) is 0 Å². The molecule has 0 bridgehead atoms. The Balaban J connectivity index is 1.68. The van der Waals surface area contributed by atoms with Crippen molar-refractivity contribution in [2.75, 3.05) is 40.2 Å². The van der Waals surface area contributed by atoms with Crippen molar-refractivity contribution in [3.8, 4) is 0 Å². The second-order valence-corrected chi connectivity index (χ2v) is 8.02. The molecule has 138 valence electrons. The Hall–Kier alpha value is -2.50. The fraction of sp³-hybridized carbons (Fsp3) is 0.500. The highest BCUT2D eigenvalue weighted by atomic mass is 15.5. The average Bonchev–Trinajstić information content (AvgIpc) is 3.02. The summed E-state index contributed by atoms with van der Waals surface area (Å²) >= 11 is 0. The van der Waals surface area contributed by atoms with Crippen LogP contribution in [-0.4, -0.2) is 48.5 Å². The standard InChI is InChI=1S/C20H28N6/c1-14-23(5)18-11-21-9-7-16(18)25(14)13-20(3,4)26-15(2)24(6)19-12-22-10-8-17(19)26/h7-12,14-15H,13H2,1-6H3/t14-,15+/m0/s1. The number of pyridine rings is 2. The lowest BCUT2D eigenvalue weighted by Gasteiger charge is -2.45. The van der Waals surface area contributed by atoms with Crippen LogP contribution in [0.2, 0.25) is 0 Å². The van der Waals surface area contributed by atoms with Gasteiger partial charge in [0.2, 0.25) is 0 Å². The van der Waals surface area contributed by atoms with Crippen LogP contribution in [0.1, 0.15) is 27.7 Å². The van der Waals surface area contributed by atoms with Gasteiger partial charge in [-0.3, -0.25) is 9.97 Å². The predicted molar refractivity (Wildman–Crippen MR) is 108 cm³/mol. The summed E-state index contributed by atoms with van der Waals surface area (Å²) in [5, 5.41) is 0. The van der Waals surface area contributed by atoms with E-state index < -0.39 is 0 Å². The van der Waals surface area contributed by atoms with Gasteiger partial charge in [-0.15, -0.1) is 0 Å². The topological polar surface area (TPSA) is 38.7 Å². The molecule has 2 aromatic rings. The summed E-state index contributed by atoms with van der Waals surface area (Å²) in [5.41, 5.74) is 4.87. The van der Waals surface area contributed by atoms with Crippen LogP contribution in [0.4, 0.5) is 22.7 Å². The third-order valence-corrected chi connectivity index (χ3v) is 6.04. The first-order valence-electron chi connectivity index (χ1n) is 9.22. The van der Waals surface area contributed by atoms with Gasteiger partial charge >= 0.3 is 0 Å². The maximum absolute atomic E-state index is 4.32. The first kappa shape index (κ1) is 16.9. The van der Waals surface area contributed by atoms with E-state index in [1.54, 1.807) is 0 Å². The summed E-state index contributed by atoms with van der Waals surface area (Å²) in [6, 6.07) is 4.26. The molecule has 0 N–H and O–H groups in total. The SMILES string of the molecule is C[C@@H]1N(C)c2cnccc2N1C(C)(C)CN1c2ccncc2N(C)[C@@H]1C. The average molecular weight is 352 g/mol. The van der Waals surface area contributed by atoms with E-state index >= 15 is 0 Å². The zero-order valence-electron chi connectivity index (χ0n) is 16.5. The zero-order valence-corrected chi connectivity index (χ0v) is 16.5. The van der Waals surface area contributed by atoms with Gasteiger partial charge in [0.25, 0.3) is 0 Å². The molecule has 0 unspecified atom stereocenters. The van der Waals surface area contributed by atoms with Gasteiger partial charge < -0.3 is 19.6 Å². The van der Waals surface area contributed by atoms with Crippen LogP contribution < -0.4 is 19.6 Å². The molecule has 0 saturated carbocycles. The normalized spacial score (nSPS) is 22.1. The number of aromatic nitrogens is 2. The molecular weight excluding hydrogens is 324 g/mol. The molecule has 0 spiro atoms. The van der Waals surface area contributed by atoms with E-state index in [2.05, 4.69) is 83.5 Å². The van der Waals surface area contributed by atoms with Crippen molar-refractivity contribution in [1.29, 1.82) is 0 Å². The van der Waals surface area contributed by atoms with Crippen molar-refractivity contribution >= 4 is 22.7 Å². The summed E-state index contributed by atoms with van der Waals surface area (Å²) in [6.07, 6.45) is 8.30. The molecule has 4 heterocycles. The van der Waals surface area contributed by atoms with Crippen LogP contribution in [0.5, 0.6) is 0 Å². The minimum atomic E-state index is -0.0553. The van der Waals surface area contributed by atoms with Crippen molar-refractivity contribution in [2.24, 2.45) is 0 Å². The molecule has 2 aromatic heterocycles. The van der Waals surface area contributed by atoms with Crippen molar-refractivity contribution in [3.63, 3.8) is 0 Å². The van der Waals surface area contributed by atoms with Crippen LogP contribution in [0.25, 0.3) is 0 Å². The molecule has 6 heteroatoms. The first-order chi connectivity index (χ1) is 12.3. The quantitative estimate of drug-likeness (QED) is 0.845. The van der Waals surface area contributed by atoms with Gasteiger partial charge in [-0.2, -0.15) is 0 Å². The summed E-state index contributed by atoms with van der Waals surface area (Å²) in [6.45, 7) is 10.1. The Labute approximate surface area is 156 Å². The molecule has 0 fully saturated rings. The maximum atomic E-state index is 4.32. The van der Waals surface area contributed by atoms with Crippen LogP contribution >= 0.6 is 0 Å². The number of hydrogen-bond donors (Lipinski definition) is 0. The zero-order chi connectivity index (χ0) is 18.6. The van der Waals surface area contributed by atoms with E-state index in [1.165, 1.54) is 22.7 Å². The minimum absolute atomic E-state index is 0.0553. The summed E-state index contributed by atoms with van der Waals surface area (Å²) in [4.78, 5) is 18.3. The van der Waals surface area contributed by atoms with Gasteiger partial charge in [0, 0.05) is 33.0 Å². The number of fused-ring (bicyclic) bond motifs is 2. The maximum Gasteiger partial charge on any atom is 0.0991 e. The smallest absolute Gasteiger partial charge is 0.0991 e. The van der Waals surface area contributed by atoms with Gasteiger partial charge in [0.15, 0.2) is 0 Å². The summed E-state index contributed by atoms with van der Waals surface area (Å²) < 4.78 is 0. The number of nitrogens with zero attached hydrogens (tertiary/aromatic N) is 6. The third kappa shape index (κ3) is 2.31. The Morgan fingerprint density at radius 2 is 1.38 bits per heavy atom. The van der Waals surface area contributed by atoms with Gasteiger partial charge in [-0.25, -0.2) is 0 Å². The molecule has 0 radical (unpaired) electrons. The van der Waals surface area contributed by atoms with Gasteiger partial charge in [0.1, 0.15) is 0 Å². The molecule has 26 heavy (non-hydrogen) atoms. The fourth-order valence-corrected chi connectivity index (χ4v) is 4.48. The van der Waals surface area contributed by atoms with E-state index in [9.17, 15) is 0 Å². The van der Waals surface area contributed by atoms with Crippen molar-refractivity contribution in [3.05, 3.63) is 36.9 Å². The lowest BCUT2D eigenvalue weighted by atomic mass is 10.00. The largest absolute Gasteiger partial charge is 0.352 e. The molecule has 2 aliphatic heterocycles. The highest BCUT2D eigenvalue weighted by molar-refractivity contribution is 5.79. The van der Waals surface area contributed by atoms with Crippen LogP contribution in [0, 0.1) is 0 Å². The molecule has 2 atom stereocenters. The highest BCUT2D eigenvalue weighted by Gasteiger charge is 2.43. The first-order valence-corrected chi connectivity index (χ1v) is 9.22. The third-order valence-electron chi connectivity index (χ3n) is 6.04. The van der Waals surface area contributed by atoms with Crippen LogP contribution in [0.3, 0.4) is 0 Å². The minimum Gasteiger partial charge on any atom is -0.352 e. The Morgan fingerprint density at radius 1 is 0.846 bits per heavy atom. The monoisotopic (exact) mass is 352 g/mol. The molecule has 2 aliphatic rings. The lowest BCUT2D eigenvalue weighted by molar-refractivity contribution is 0.414. The summed E-state index contributed by atoms with van der Waals surface area (Å²) in [5.74, 6) is 0. The van der Waals surface area contributed by atoms with E-state index in [4.69, 9.17) is 0 Å². The molecule has 0 aromatic carbocycles. The summed E-state index contributed by atoms with van der Waals surface area (Å²) in [7, 11) is 4.29. The van der Waals surface area contributed by atoms with Crippen molar-refractivity contribution in [1.82, 2.24) is 9.97 Å². The Kier molecular flexibility index (Phi) is 3.75. The molecule has 0 saturated heterocycles. The molecule has 6 nitrogen and oxygen atoms in total. The van der Waals surface area contributed by atoms with Gasteiger partial charge in [-0.1, -0.05) is 0 Å². The number of hydrogen-bond acceptors (Lipinski definition) is 6. The van der Waals surface area contributed by atoms with Crippen LogP contribution in [0.15, 0.2) is 36.9 Å². The molecule has 4 rings (SSSR count). The van der Waals surface area contributed by atoms with Crippen molar-refractivity contribution < 1.29 is 0 Å². The molecule has 0 amide bonds. The van der Waals surface area contributed by atoms with Crippen molar-refractivity contribution in [2.45, 2.75) is 45.6 Å².